The van der Waals surface area contributed by atoms with Crippen LogP contribution in [0.4, 0.5) is 0 Å². The molecule has 0 atom stereocenters. The second kappa shape index (κ2) is 4.29. The van der Waals surface area contributed by atoms with Crippen LogP contribution in [0, 0.1) is 0 Å². The third kappa shape index (κ3) is 2.13. The number of aromatic nitrogens is 1. The molecule has 5 nitrogen and oxygen atoms in total. The van der Waals surface area contributed by atoms with Crippen LogP contribution in [0.25, 0.3) is 11.3 Å². The molecule has 5 heteroatoms. The molecule has 17 heavy (non-hydrogen) atoms. The van der Waals surface area contributed by atoms with Crippen molar-refractivity contribution < 1.29 is 14.1 Å². The smallest absolute Gasteiger partial charge is 0.358 e. The summed E-state index contributed by atoms with van der Waals surface area (Å²) in [6, 6.07) is 8.28. The number of ether oxygens (including phenoxy) is 1. The summed E-state index contributed by atoms with van der Waals surface area (Å²) in [6.07, 6.45) is 0. The molecule has 0 radical (unpaired) electrons. The van der Waals surface area contributed by atoms with Crippen molar-refractivity contribution in [2.45, 2.75) is 6.92 Å². The first-order valence-corrected chi connectivity index (χ1v) is 5.00. The van der Waals surface area contributed by atoms with Gasteiger partial charge in [-0.15, -0.1) is 4.74 Å². The van der Waals surface area contributed by atoms with Crippen molar-refractivity contribution in [2.24, 2.45) is 0 Å². The molecule has 0 bridgehead atoms. The summed E-state index contributed by atoms with van der Waals surface area (Å²) in [6.45, 7) is 1.33. The number of hydrogen-bond donors (Lipinski definition) is 0. The van der Waals surface area contributed by atoms with E-state index in [1.165, 1.54) is 13.0 Å². The number of carbonyl (C=O) groups excluding carboxylic acids is 1. The van der Waals surface area contributed by atoms with E-state index in [-0.39, 0.29) is 5.91 Å². The van der Waals surface area contributed by atoms with Crippen LogP contribution < -0.4 is 10.4 Å². The third-order valence-corrected chi connectivity index (χ3v) is 2.33. The van der Waals surface area contributed by atoms with Gasteiger partial charge >= 0.3 is 5.63 Å². The lowest BCUT2D eigenvalue weighted by Gasteiger charge is -2.03. The average Bonchev–Trinajstić information content (AvgIpc) is 2.72. The molecule has 88 valence electrons. The summed E-state index contributed by atoms with van der Waals surface area (Å²) in [7, 11) is 1.57. The number of nitrogens with zero attached hydrogens (tertiary/aromatic N) is 1. The largest absolute Gasteiger partial charge is 0.497 e. The van der Waals surface area contributed by atoms with Gasteiger partial charge in [0.25, 0.3) is 5.91 Å². The number of rotatable bonds is 2. The van der Waals surface area contributed by atoms with Crippen molar-refractivity contribution in [1.82, 2.24) is 4.74 Å². The van der Waals surface area contributed by atoms with Gasteiger partial charge in [0.05, 0.1) is 18.9 Å². The van der Waals surface area contributed by atoms with Gasteiger partial charge in [0.1, 0.15) is 5.75 Å². The van der Waals surface area contributed by atoms with E-state index < -0.39 is 5.63 Å². The highest BCUT2D eigenvalue weighted by Gasteiger charge is 2.12. The standard InChI is InChI=1S/C12H11NO4/c1-8(14)13-11(7-12(15)17-13)9-3-5-10(16-2)6-4-9/h3-7H,1-2H3. The topological polar surface area (TPSA) is 61.4 Å². The maximum absolute atomic E-state index is 11.3. The molecule has 0 aliphatic rings. The monoisotopic (exact) mass is 233 g/mol. The number of carbonyl (C=O) groups is 1. The summed E-state index contributed by atoms with van der Waals surface area (Å²) in [5.74, 6) is 0.354. The van der Waals surface area contributed by atoms with E-state index in [9.17, 15) is 9.59 Å². The van der Waals surface area contributed by atoms with E-state index in [0.29, 0.717) is 17.0 Å². The Bertz CT molecular complexity index is 592. The predicted molar refractivity (Wildman–Crippen MR) is 61.3 cm³/mol. The van der Waals surface area contributed by atoms with Gasteiger partial charge in [-0.2, -0.15) is 0 Å². The Morgan fingerprint density at radius 1 is 1.29 bits per heavy atom. The van der Waals surface area contributed by atoms with Crippen LogP contribution in [0.5, 0.6) is 5.75 Å². The molecule has 2 aromatic rings. The van der Waals surface area contributed by atoms with Crippen LogP contribution in [0.1, 0.15) is 11.7 Å². The highest BCUT2D eigenvalue weighted by Crippen LogP contribution is 2.21. The van der Waals surface area contributed by atoms with E-state index in [4.69, 9.17) is 9.26 Å². The molecule has 0 amide bonds. The van der Waals surface area contributed by atoms with Gasteiger partial charge in [-0.05, 0) is 24.3 Å². The van der Waals surface area contributed by atoms with Gasteiger partial charge in [-0.25, -0.2) is 4.79 Å². The SMILES string of the molecule is COc1ccc(-c2cc(=O)on2C(C)=O)cc1. The minimum Gasteiger partial charge on any atom is -0.497 e. The predicted octanol–water partition coefficient (Wildman–Crippen LogP) is 1.78. The zero-order valence-electron chi connectivity index (χ0n) is 9.47. The summed E-state index contributed by atoms with van der Waals surface area (Å²) in [5, 5.41) is 0. The quantitative estimate of drug-likeness (QED) is 0.793. The van der Waals surface area contributed by atoms with E-state index in [1.807, 2.05) is 0 Å². The summed E-state index contributed by atoms with van der Waals surface area (Å²) in [5.41, 5.74) is 0.600. The normalized spacial score (nSPS) is 10.2. The summed E-state index contributed by atoms with van der Waals surface area (Å²) < 4.78 is 10.8. The highest BCUT2D eigenvalue weighted by atomic mass is 16.5. The van der Waals surface area contributed by atoms with E-state index >= 15 is 0 Å². The molecule has 0 aliphatic heterocycles. The van der Waals surface area contributed by atoms with Crippen molar-refractivity contribution >= 4 is 5.91 Å². The summed E-state index contributed by atoms with van der Waals surface area (Å²) >= 11 is 0. The molecule has 1 heterocycles. The van der Waals surface area contributed by atoms with Gasteiger partial charge in [0, 0.05) is 12.5 Å². The lowest BCUT2D eigenvalue weighted by atomic mass is 10.1. The second-order valence-corrected chi connectivity index (χ2v) is 3.48. The maximum atomic E-state index is 11.3. The maximum Gasteiger partial charge on any atom is 0.358 e. The number of methoxy groups -OCH3 is 1. The Morgan fingerprint density at radius 2 is 1.94 bits per heavy atom. The first kappa shape index (κ1) is 11.2. The van der Waals surface area contributed by atoms with Gasteiger partial charge in [0.2, 0.25) is 0 Å². The zero-order valence-corrected chi connectivity index (χ0v) is 9.47. The Labute approximate surface area is 97.2 Å². The van der Waals surface area contributed by atoms with Crippen LogP contribution in [-0.4, -0.2) is 17.8 Å². The van der Waals surface area contributed by atoms with Crippen molar-refractivity contribution in [3.8, 4) is 17.0 Å². The van der Waals surface area contributed by atoms with Crippen molar-refractivity contribution in [1.29, 1.82) is 0 Å². The summed E-state index contributed by atoms with van der Waals surface area (Å²) in [4.78, 5) is 22.4. The fraction of sp³-hybridized carbons (Fsp3) is 0.167. The minimum atomic E-state index is -0.550. The second-order valence-electron chi connectivity index (χ2n) is 3.48. The van der Waals surface area contributed by atoms with Gasteiger partial charge in [-0.1, -0.05) is 0 Å². The molecule has 0 aliphatic carbocycles. The van der Waals surface area contributed by atoms with Crippen molar-refractivity contribution in [3.05, 3.63) is 40.8 Å². The van der Waals surface area contributed by atoms with E-state index in [0.717, 1.165) is 4.74 Å². The number of hydrogen-bond acceptors (Lipinski definition) is 4. The molecule has 0 spiro atoms. The Balaban J connectivity index is 2.51. The molecular formula is C12H11NO4. The Kier molecular flexibility index (Phi) is 2.82. The highest BCUT2D eigenvalue weighted by molar-refractivity contribution is 5.80. The first-order valence-electron chi connectivity index (χ1n) is 5.00. The molecule has 0 saturated heterocycles. The van der Waals surface area contributed by atoms with E-state index in [1.54, 1.807) is 31.4 Å². The lowest BCUT2D eigenvalue weighted by Crippen LogP contribution is -2.06. The number of benzene rings is 1. The third-order valence-electron chi connectivity index (χ3n) is 2.33. The Hall–Kier alpha value is -2.30. The average molecular weight is 233 g/mol. The molecule has 0 fully saturated rings. The van der Waals surface area contributed by atoms with Gasteiger partial charge in [0.15, 0.2) is 0 Å². The van der Waals surface area contributed by atoms with Crippen LogP contribution in [0.2, 0.25) is 0 Å². The fourth-order valence-corrected chi connectivity index (χ4v) is 1.53. The van der Waals surface area contributed by atoms with Crippen LogP contribution in [0.3, 0.4) is 0 Å². The zero-order chi connectivity index (χ0) is 12.4. The van der Waals surface area contributed by atoms with Crippen LogP contribution >= 0.6 is 0 Å². The molecule has 0 unspecified atom stereocenters. The molecule has 2 rings (SSSR count). The molecule has 0 N–H and O–H groups in total. The van der Waals surface area contributed by atoms with Gasteiger partial charge < -0.3 is 9.26 Å². The lowest BCUT2D eigenvalue weighted by molar-refractivity contribution is 0.0817. The van der Waals surface area contributed by atoms with Crippen molar-refractivity contribution in [3.63, 3.8) is 0 Å². The minimum absolute atomic E-state index is 0.349. The van der Waals surface area contributed by atoms with E-state index in [2.05, 4.69) is 0 Å². The Morgan fingerprint density at radius 3 is 2.47 bits per heavy atom. The fourth-order valence-electron chi connectivity index (χ4n) is 1.53. The van der Waals surface area contributed by atoms with Gasteiger partial charge in [-0.3, -0.25) is 4.79 Å². The first-order chi connectivity index (χ1) is 8.11. The molecule has 1 aromatic carbocycles. The molecular weight excluding hydrogens is 222 g/mol. The van der Waals surface area contributed by atoms with Crippen LogP contribution in [-0.2, 0) is 0 Å². The molecule has 1 aromatic heterocycles. The van der Waals surface area contributed by atoms with Crippen LogP contribution in [0.15, 0.2) is 39.6 Å². The van der Waals surface area contributed by atoms with Crippen molar-refractivity contribution in [2.75, 3.05) is 7.11 Å². The molecule has 0 saturated carbocycles.